The van der Waals surface area contributed by atoms with Gasteiger partial charge in [-0.3, -0.25) is 0 Å². The summed E-state index contributed by atoms with van der Waals surface area (Å²) in [5, 5.41) is 12.6. The number of benzene rings is 1. The van der Waals surface area contributed by atoms with Crippen molar-refractivity contribution in [2.45, 2.75) is 31.2 Å². The van der Waals surface area contributed by atoms with Crippen molar-refractivity contribution in [3.63, 3.8) is 0 Å². The highest BCUT2D eigenvalue weighted by atomic mass is 79.9. The first-order valence-corrected chi connectivity index (χ1v) is 5.98. The predicted octanol–water partition coefficient (Wildman–Crippen LogP) is 3.70. The lowest BCUT2D eigenvalue weighted by Gasteiger charge is -2.23. The summed E-state index contributed by atoms with van der Waals surface area (Å²) in [6, 6.07) is 10.4. The number of nitrogens with zero attached hydrogens (tertiary/aromatic N) is 1. The van der Waals surface area contributed by atoms with Gasteiger partial charge in [-0.05, 0) is 49.9 Å². The fraction of sp³-hybridized carbons (Fsp3) is 0.417. The van der Waals surface area contributed by atoms with Crippen molar-refractivity contribution in [1.29, 1.82) is 5.26 Å². The highest BCUT2D eigenvalue weighted by molar-refractivity contribution is 9.10. The number of hydrogen-bond acceptors (Lipinski definition) is 2. The van der Waals surface area contributed by atoms with Gasteiger partial charge in [-0.1, -0.05) is 15.9 Å². The zero-order chi connectivity index (χ0) is 10.7. The van der Waals surface area contributed by atoms with E-state index in [0.29, 0.717) is 0 Å². The minimum Gasteiger partial charge on any atom is -0.367 e. The number of nitrogens with one attached hydrogen (secondary N) is 1. The van der Waals surface area contributed by atoms with Crippen LogP contribution in [0.15, 0.2) is 28.7 Å². The predicted molar refractivity (Wildman–Crippen MR) is 64.6 cm³/mol. The van der Waals surface area contributed by atoms with Gasteiger partial charge in [0, 0.05) is 10.2 Å². The normalized spacial score (nSPS) is 18.4. The number of halogens is 1. The summed E-state index contributed by atoms with van der Waals surface area (Å²) in [6.07, 6.45) is 4.22. The van der Waals surface area contributed by atoms with E-state index < -0.39 is 0 Å². The Kier molecular flexibility index (Phi) is 2.97. The molecular weight excluding hydrogens is 252 g/mol. The summed E-state index contributed by atoms with van der Waals surface area (Å²) >= 11 is 3.40. The van der Waals surface area contributed by atoms with Crippen LogP contribution in [0.3, 0.4) is 0 Å². The Morgan fingerprint density at radius 1 is 1.20 bits per heavy atom. The minimum atomic E-state index is -0.326. The average Bonchev–Trinajstić information content (AvgIpc) is 2.71. The molecule has 1 saturated carbocycles. The summed E-state index contributed by atoms with van der Waals surface area (Å²) in [6.45, 7) is 0. The molecule has 0 heterocycles. The van der Waals surface area contributed by atoms with E-state index in [1.807, 2.05) is 24.3 Å². The average molecular weight is 265 g/mol. The van der Waals surface area contributed by atoms with Crippen LogP contribution in [-0.4, -0.2) is 5.54 Å². The maximum Gasteiger partial charge on any atom is 0.125 e. The van der Waals surface area contributed by atoms with Crippen LogP contribution in [0.25, 0.3) is 0 Å². The summed E-state index contributed by atoms with van der Waals surface area (Å²) < 4.78 is 1.06. The smallest absolute Gasteiger partial charge is 0.125 e. The van der Waals surface area contributed by atoms with Crippen molar-refractivity contribution in [2.75, 3.05) is 5.32 Å². The highest BCUT2D eigenvalue weighted by Gasteiger charge is 2.33. The lowest BCUT2D eigenvalue weighted by Crippen LogP contribution is -2.32. The minimum absolute atomic E-state index is 0.326. The highest BCUT2D eigenvalue weighted by Crippen LogP contribution is 2.32. The molecule has 0 spiro atoms. The maximum atomic E-state index is 9.21. The molecule has 78 valence electrons. The van der Waals surface area contributed by atoms with Gasteiger partial charge in [-0.2, -0.15) is 5.26 Å². The Hall–Kier alpha value is -1.01. The standard InChI is InChI=1S/C12H13BrN2/c13-10-3-5-11(6-4-10)15-12(9-14)7-1-2-8-12/h3-6,15H,1-2,7-8H2. The molecule has 3 heteroatoms. The van der Waals surface area contributed by atoms with Gasteiger partial charge >= 0.3 is 0 Å². The lowest BCUT2D eigenvalue weighted by molar-refractivity contribution is 0.613. The third-order valence-electron chi connectivity index (χ3n) is 2.90. The van der Waals surface area contributed by atoms with E-state index >= 15 is 0 Å². The lowest BCUT2D eigenvalue weighted by atomic mass is 9.99. The fourth-order valence-corrected chi connectivity index (χ4v) is 2.32. The first kappa shape index (κ1) is 10.5. The van der Waals surface area contributed by atoms with Gasteiger partial charge in [0.15, 0.2) is 0 Å². The molecule has 15 heavy (non-hydrogen) atoms. The second-order valence-corrected chi connectivity index (χ2v) is 4.95. The van der Waals surface area contributed by atoms with Crippen molar-refractivity contribution >= 4 is 21.6 Å². The molecule has 1 fully saturated rings. The van der Waals surface area contributed by atoms with Gasteiger partial charge in [-0.25, -0.2) is 0 Å². The monoisotopic (exact) mass is 264 g/mol. The van der Waals surface area contributed by atoms with Crippen molar-refractivity contribution in [1.82, 2.24) is 0 Å². The zero-order valence-corrected chi connectivity index (χ0v) is 10.0. The summed E-state index contributed by atoms with van der Waals surface area (Å²) in [5.74, 6) is 0. The molecule has 2 nitrogen and oxygen atoms in total. The summed E-state index contributed by atoms with van der Waals surface area (Å²) in [5.41, 5.74) is 0.704. The summed E-state index contributed by atoms with van der Waals surface area (Å²) in [4.78, 5) is 0. The SMILES string of the molecule is N#CC1(Nc2ccc(Br)cc2)CCCC1. The molecule has 1 aliphatic carbocycles. The Morgan fingerprint density at radius 2 is 1.80 bits per heavy atom. The number of hydrogen-bond donors (Lipinski definition) is 1. The molecule has 0 unspecified atom stereocenters. The zero-order valence-electron chi connectivity index (χ0n) is 8.46. The molecule has 1 aromatic rings. The molecule has 0 radical (unpaired) electrons. The van der Waals surface area contributed by atoms with Crippen LogP contribution in [0.4, 0.5) is 5.69 Å². The Labute approximate surface area is 98.4 Å². The first-order chi connectivity index (χ1) is 7.24. The molecule has 0 amide bonds. The number of anilines is 1. The molecule has 0 atom stereocenters. The molecule has 2 rings (SSSR count). The quantitative estimate of drug-likeness (QED) is 0.885. The van der Waals surface area contributed by atoms with E-state index in [0.717, 1.165) is 35.8 Å². The van der Waals surface area contributed by atoms with Crippen LogP contribution in [0, 0.1) is 11.3 Å². The number of rotatable bonds is 2. The third kappa shape index (κ3) is 2.32. The van der Waals surface area contributed by atoms with E-state index in [2.05, 4.69) is 27.3 Å². The molecule has 0 aliphatic heterocycles. The summed E-state index contributed by atoms with van der Waals surface area (Å²) in [7, 11) is 0. The largest absolute Gasteiger partial charge is 0.367 e. The topological polar surface area (TPSA) is 35.8 Å². The molecule has 0 aromatic heterocycles. The second-order valence-electron chi connectivity index (χ2n) is 4.03. The van der Waals surface area contributed by atoms with Gasteiger partial charge < -0.3 is 5.32 Å². The Bertz CT molecular complexity index is 372. The molecule has 0 saturated heterocycles. The van der Waals surface area contributed by atoms with Crippen LogP contribution in [0.2, 0.25) is 0 Å². The first-order valence-electron chi connectivity index (χ1n) is 5.19. The van der Waals surface area contributed by atoms with Crippen molar-refractivity contribution in [3.8, 4) is 6.07 Å². The van der Waals surface area contributed by atoms with E-state index in [1.54, 1.807) is 0 Å². The Balaban J connectivity index is 2.14. The Morgan fingerprint density at radius 3 is 2.33 bits per heavy atom. The van der Waals surface area contributed by atoms with Crippen molar-refractivity contribution in [2.24, 2.45) is 0 Å². The molecular formula is C12H13BrN2. The van der Waals surface area contributed by atoms with Gasteiger partial charge in [0.25, 0.3) is 0 Å². The fourth-order valence-electron chi connectivity index (χ4n) is 2.05. The molecule has 1 N–H and O–H groups in total. The van der Waals surface area contributed by atoms with Gasteiger partial charge in [-0.15, -0.1) is 0 Å². The van der Waals surface area contributed by atoms with Gasteiger partial charge in [0.1, 0.15) is 5.54 Å². The second kappa shape index (κ2) is 4.24. The molecule has 0 bridgehead atoms. The van der Waals surface area contributed by atoms with E-state index in [9.17, 15) is 5.26 Å². The van der Waals surface area contributed by atoms with Crippen molar-refractivity contribution in [3.05, 3.63) is 28.7 Å². The van der Waals surface area contributed by atoms with E-state index in [-0.39, 0.29) is 5.54 Å². The van der Waals surface area contributed by atoms with Crippen molar-refractivity contribution < 1.29 is 0 Å². The number of nitriles is 1. The van der Waals surface area contributed by atoms with Crippen LogP contribution in [0.5, 0.6) is 0 Å². The van der Waals surface area contributed by atoms with Crippen LogP contribution >= 0.6 is 15.9 Å². The molecule has 1 aliphatic rings. The maximum absolute atomic E-state index is 9.21. The van der Waals surface area contributed by atoms with E-state index in [1.165, 1.54) is 0 Å². The van der Waals surface area contributed by atoms with Crippen LogP contribution in [0.1, 0.15) is 25.7 Å². The van der Waals surface area contributed by atoms with Gasteiger partial charge in [0.05, 0.1) is 6.07 Å². The van der Waals surface area contributed by atoms with Gasteiger partial charge in [0.2, 0.25) is 0 Å². The molecule has 1 aromatic carbocycles. The van der Waals surface area contributed by atoms with E-state index in [4.69, 9.17) is 0 Å². The third-order valence-corrected chi connectivity index (χ3v) is 3.43. The van der Waals surface area contributed by atoms with Crippen LogP contribution < -0.4 is 5.32 Å². The van der Waals surface area contributed by atoms with Crippen LogP contribution in [-0.2, 0) is 0 Å².